The molecule has 0 aliphatic heterocycles. The molecule has 0 aromatic heterocycles. The molecule has 0 saturated heterocycles. The second-order valence-electron chi connectivity index (χ2n) is 2.20. The molecule has 0 N–H and O–H groups in total. The summed E-state index contributed by atoms with van der Waals surface area (Å²) in [5.74, 6) is 5.60. The van der Waals surface area contributed by atoms with Crippen molar-refractivity contribution in [3.63, 3.8) is 0 Å². The summed E-state index contributed by atoms with van der Waals surface area (Å²) in [6, 6.07) is 0. The fourth-order valence-electron chi connectivity index (χ4n) is 0.603. The molecule has 0 fully saturated rings. The minimum Gasteiger partial charge on any atom is -0.365 e. The van der Waals surface area contributed by atoms with E-state index in [0.29, 0.717) is 13.2 Å². The lowest BCUT2D eigenvalue weighted by Crippen LogP contribution is -1.90. The zero-order valence-corrected chi connectivity index (χ0v) is 7.39. The maximum absolute atomic E-state index is 5.16. The number of hydrogen-bond donors (Lipinski definition) is 0. The Morgan fingerprint density at radius 2 is 2.18 bits per heavy atom. The summed E-state index contributed by atoms with van der Waals surface area (Å²) in [5.41, 5.74) is 0. The first kappa shape index (κ1) is 10.3. The van der Waals surface area contributed by atoms with Crippen LogP contribution in [0.2, 0.25) is 0 Å². The van der Waals surface area contributed by atoms with Crippen LogP contribution in [0.1, 0.15) is 26.7 Å². The minimum absolute atomic E-state index is 0.549. The Morgan fingerprint density at radius 3 is 2.82 bits per heavy atom. The van der Waals surface area contributed by atoms with E-state index in [0.717, 1.165) is 6.42 Å². The number of unbranched alkanes of at least 4 members (excludes halogenated alkanes) is 1. The molecule has 0 saturated carbocycles. The maximum Gasteiger partial charge on any atom is 0.108 e. The molecule has 0 spiro atoms. The van der Waals surface area contributed by atoms with Crippen LogP contribution in [-0.4, -0.2) is 13.2 Å². The highest BCUT2D eigenvalue weighted by molar-refractivity contribution is 4.95. The molecule has 0 unspecified atom stereocenters. The Balaban J connectivity index is 3.05. The van der Waals surface area contributed by atoms with Gasteiger partial charge in [0.05, 0.1) is 6.61 Å². The van der Waals surface area contributed by atoms with E-state index in [-0.39, 0.29) is 0 Å². The van der Waals surface area contributed by atoms with Crippen LogP contribution in [0.15, 0.2) is 12.2 Å². The molecule has 0 aromatic carbocycles. The number of allylic oxidation sites excluding steroid dienone is 1. The molecule has 0 aliphatic carbocycles. The minimum atomic E-state index is 0.549. The van der Waals surface area contributed by atoms with E-state index < -0.39 is 0 Å². The molecule has 62 valence electrons. The Kier molecular flexibility index (Phi) is 8.64. The first-order valence-electron chi connectivity index (χ1n) is 4.04. The van der Waals surface area contributed by atoms with E-state index in [1.165, 1.54) is 6.42 Å². The largest absolute Gasteiger partial charge is 0.365 e. The van der Waals surface area contributed by atoms with E-state index in [1.54, 1.807) is 0 Å². The molecule has 0 rings (SSSR count). The SMILES string of the molecule is CC#CCOC/C=C\CCC. The number of ether oxygens (including phenoxy) is 1. The average Bonchev–Trinajstić information content (AvgIpc) is 2.03. The molecule has 0 radical (unpaired) electrons. The van der Waals surface area contributed by atoms with Gasteiger partial charge >= 0.3 is 0 Å². The molecule has 0 bridgehead atoms. The lowest BCUT2D eigenvalue weighted by atomic mass is 10.3. The predicted octanol–water partition coefficient (Wildman–Crippen LogP) is 2.38. The van der Waals surface area contributed by atoms with Crippen LogP contribution in [0.5, 0.6) is 0 Å². The van der Waals surface area contributed by atoms with Gasteiger partial charge in [-0.25, -0.2) is 0 Å². The smallest absolute Gasteiger partial charge is 0.108 e. The fraction of sp³-hybridized carbons (Fsp3) is 0.600. The van der Waals surface area contributed by atoms with Crippen molar-refractivity contribution in [3.05, 3.63) is 12.2 Å². The predicted molar refractivity (Wildman–Crippen MR) is 48.3 cm³/mol. The molecule has 1 heteroatoms. The van der Waals surface area contributed by atoms with Gasteiger partial charge in [0.25, 0.3) is 0 Å². The van der Waals surface area contributed by atoms with Gasteiger partial charge in [0.2, 0.25) is 0 Å². The van der Waals surface area contributed by atoms with Crippen LogP contribution in [0.3, 0.4) is 0 Å². The summed E-state index contributed by atoms with van der Waals surface area (Å²) in [6.45, 7) is 5.21. The second kappa shape index (κ2) is 9.26. The van der Waals surface area contributed by atoms with Crippen molar-refractivity contribution in [1.29, 1.82) is 0 Å². The van der Waals surface area contributed by atoms with E-state index in [4.69, 9.17) is 4.74 Å². The summed E-state index contributed by atoms with van der Waals surface area (Å²) in [6.07, 6.45) is 6.52. The Bertz CT molecular complexity index is 148. The highest BCUT2D eigenvalue weighted by atomic mass is 16.5. The molecular formula is C10H16O. The molecule has 11 heavy (non-hydrogen) atoms. The third kappa shape index (κ3) is 9.26. The van der Waals surface area contributed by atoms with Gasteiger partial charge < -0.3 is 4.74 Å². The quantitative estimate of drug-likeness (QED) is 0.334. The van der Waals surface area contributed by atoms with Crippen molar-refractivity contribution >= 4 is 0 Å². The number of hydrogen-bond acceptors (Lipinski definition) is 1. The summed E-state index contributed by atoms with van der Waals surface area (Å²) >= 11 is 0. The Hall–Kier alpha value is -0.740. The Labute approximate surface area is 69.4 Å². The average molecular weight is 152 g/mol. The van der Waals surface area contributed by atoms with E-state index >= 15 is 0 Å². The van der Waals surface area contributed by atoms with Gasteiger partial charge in [0.15, 0.2) is 0 Å². The summed E-state index contributed by atoms with van der Waals surface area (Å²) in [4.78, 5) is 0. The Morgan fingerprint density at radius 1 is 1.36 bits per heavy atom. The second-order valence-corrected chi connectivity index (χ2v) is 2.20. The van der Waals surface area contributed by atoms with Gasteiger partial charge in [-0.15, -0.1) is 5.92 Å². The van der Waals surface area contributed by atoms with Gasteiger partial charge in [-0.1, -0.05) is 31.4 Å². The topological polar surface area (TPSA) is 9.23 Å². The zero-order valence-electron chi connectivity index (χ0n) is 7.39. The summed E-state index contributed by atoms with van der Waals surface area (Å²) < 4.78 is 5.16. The molecule has 1 nitrogen and oxygen atoms in total. The third-order valence-electron chi connectivity index (χ3n) is 1.19. The van der Waals surface area contributed by atoms with Crippen LogP contribution in [0.25, 0.3) is 0 Å². The standard InChI is InChI=1S/C10H16O/c1-3-5-7-8-10-11-9-6-4-2/h7-8H,3,5,9-10H2,1-2H3/b8-7-. The molecule has 0 amide bonds. The van der Waals surface area contributed by atoms with Crippen LogP contribution in [0.4, 0.5) is 0 Å². The summed E-state index contributed by atoms with van der Waals surface area (Å²) in [5, 5.41) is 0. The monoisotopic (exact) mass is 152 g/mol. The third-order valence-corrected chi connectivity index (χ3v) is 1.19. The van der Waals surface area contributed by atoms with Crippen molar-refractivity contribution in [2.45, 2.75) is 26.7 Å². The van der Waals surface area contributed by atoms with Crippen molar-refractivity contribution in [2.24, 2.45) is 0 Å². The van der Waals surface area contributed by atoms with Gasteiger partial charge in [0.1, 0.15) is 6.61 Å². The van der Waals surface area contributed by atoms with Crippen molar-refractivity contribution in [1.82, 2.24) is 0 Å². The van der Waals surface area contributed by atoms with Gasteiger partial charge in [-0.3, -0.25) is 0 Å². The zero-order chi connectivity index (χ0) is 8.36. The lowest BCUT2D eigenvalue weighted by Gasteiger charge is -1.91. The van der Waals surface area contributed by atoms with Crippen molar-refractivity contribution in [2.75, 3.05) is 13.2 Å². The fourth-order valence-corrected chi connectivity index (χ4v) is 0.603. The van der Waals surface area contributed by atoms with Gasteiger partial charge in [-0.05, 0) is 13.3 Å². The highest BCUT2D eigenvalue weighted by Gasteiger charge is 1.76. The van der Waals surface area contributed by atoms with Crippen LogP contribution in [0, 0.1) is 11.8 Å². The van der Waals surface area contributed by atoms with Crippen LogP contribution >= 0.6 is 0 Å². The first-order valence-corrected chi connectivity index (χ1v) is 4.04. The van der Waals surface area contributed by atoms with Crippen LogP contribution in [-0.2, 0) is 4.74 Å². The van der Waals surface area contributed by atoms with Gasteiger partial charge in [-0.2, -0.15) is 0 Å². The van der Waals surface area contributed by atoms with E-state index in [1.807, 2.05) is 13.0 Å². The normalized spacial score (nSPS) is 9.64. The van der Waals surface area contributed by atoms with E-state index in [2.05, 4.69) is 24.8 Å². The van der Waals surface area contributed by atoms with Crippen molar-refractivity contribution < 1.29 is 4.74 Å². The van der Waals surface area contributed by atoms with Gasteiger partial charge in [0, 0.05) is 0 Å². The maximum atomic E-state index is 5.16. The van der Waals surface area contributed by atoms with E-state index in [9.17, 15) is 0 Å². The molecule has 0 atom stereocenters. The molecule has 0 heterocycles. The van der Waals surface area contributed by atoms with Crippen LogP contribution < -0.4 is 0 Å². The lowest BCUT2D eigenvalue weighted by molar-refractivity contribution is 0.199. The summed E-state index contributed by atoms with van der Waals surface area (Å²) in [7, 11) is 0. The first-order chi connectivity index (χ1) is 5.41. The number of rotatable bonds is 5. The van der Waals surface area contributed by atoms with Crippen molar-refractivity contribution in [3.8, 4) is 11.8 Å². The molecular weight excluding hydrogens is 136 g/mol. The highest BCUT2D eigenvalue weighted by Crippen LogP contribution is 1.87. The molecule has 0 aromatic rings. The molecule has 0 aliphatic rings.